The smallest absolute Gasteiger partial charge is 0.232 e. The van der Waals surface area contributed by atoms with Crippen LogP contribution in [0.1, 0.15) is 12.0 Å². The van der Waals surface area contributed by atoms with E-state index in [0.29, 0.717) is 16.9 Å². The van der Waals surface area contributed by atoms with Crippen molar-refractivity contribution in [1.82, 2.24) is 0 Å². The Kier molecular flexibility index (Phi) is 6.18. The third-order valence-electron chi connectivity index (χ3n) is 3.43. The van der Waals surface area contributed by atoms with Crippen LogP contribution in [0.3, 0.4) is 0 Å². The molecular formula is C17H15ClFN3O3S. The molecule has 0 heterocycles. The van der Waals surface area contributed by atoms with Gasteiger partial charge < -0.3 is 5.32 Å². The van der Waals surface area contributed by atoms with Crippen LogP contribution in [0.4, 0.5) is 15.8 Å². The first kappa shape index (κ1) is 19.7. The number of sulfonamides is 1. The van der Waals surface area contributed by atoms with Crippen molar-refractivity contribution in [2.45, 2.75) is 6.42 Å². The SMILES string of the molecule is CS(=O)(=O)N(CCC(=O)Nc1ccc(F)c(Cl)c1)c1ccc(C#N)cc1. The summed E-state index contributed by atoms with van der Waals surface area (Å²) < 4.78 is 38.2. The Morgan fingerprint density at radius 1 is 1.27 bits per heavy atom. The maximum absolute atomic E-state index is 13.1. The molecule has 0 saturated heterocycles. The molecule has 0 saturated carbocycles. The second-order valence-electron chi connectivity index (χ2n) is 5.42. The van der Waals surface area contributed by atoms with Gasteiger partial charge in [0, 0.05) is 18.7 Å². The van der Waals surface area contributed by atoms with Gasteiger partial charge >= 0.3 is 0 Å². The molecule has 0 unspecified atom stereocenters. The van der Waals surface area contributed by atoms with E-state index >= 15 is 0 Å². The van der Waals surface area contributed by atoms with E-state index in [1.54, 1.807) is 0 Å². The number of anilines is 2. The van der Waals surface area contributed by atoms with Crippen molar-refractivity contribution in [1.29, 1.82) is 5.26 Å². The number of hydrogen-bond donors (Lipinski definition) is 1. The largest absolute Gasteiger partial charge is 0.326 e. The zero-order valence-corrected chi connectivity index (χ0v) is 15.3. The van der Waals surface area contributed by atoms with E-state index in [4.69, 9.17) is 16.9 Å². The van der Waals surface area contributed by atoms with E-state index in [-0.39, 0.29) is 18.0 Å². The molecule has 0 bridgehead atoms. The van der Waals surface area contributed by atoms with Gasteiger partial charge in [0.25, 0.3) is 0 Å². The topological polar surface area (TPSA) is 90.3 Å². The predicted molar refractivity (Wildman–Crippen MR) is 98.0 cm³/mol. The molecule has 0 atom stereocenters. The van der Waals surface area contributed by atoms with Crippen molar-refractivity contribution >= 4 is 38.9 Å². The van der Waals surface area contributed by atoms with Crippen LogP contribution >= 0.6 is 11.6 Å². The van der Waals surface area contributed by atoms with Gasteiger partial charge in [0.2, 0.25) is 15.9 Å². The van der Waals surface area contributed by atoms with E-state index in [1.807, 2.05) is 6.07 Å². The Hall–Kier alpha value is -2.63. The lowest BCUT2D eigenvalue weighted by atomic mass is 10.2. The molecule has 0 aliphatic rings. The summed E-state index contributed by atoms with van der Waals surface area (Å²) in [7, 11) is -3.62. The zero-order valence-electron chi connectivity index (χ0n) is 13.7. The monoisotopic (exact) mass is 395 g/mol. The molecule has 0 aromatic heterocycles. The fraction of sp³-hybridized carbons (Fsp3) is 0.176. The molecule has 2 aromatic carbocycles. The minimum atomic E-state index is -3.62. The number of halogens is 2. The lowest BCUT2D eigenvalue weighted by molar-refractivity contribution is -0.116. The Morgan fingerprint density at radius 3 is 2.46 bits per heavy atom. The minimum Gasteiger partial charge on any atom is -0.326 e. The number of nitriles is 1. The third-order valence-corrected chi connectivity index (χ3v) is 4.91. The summed E-state index contributed by atoms with van der Waals surface area (Å²) in [5, 5.41) is 11.2. The van der Waals surface area contributed by atoms with Crippen LogP contribution in [0.15, 0.2) is 42.5 Å². The number of carbonyl (C=O) groups excluding carboxylic acids is 1. The first-order valence-electron chi connectivity index (χ1n) is 7.43. The van der Waals surface area contributed by atoms with Crippen LogP contribution in [0.2, 0.25) is 5.02 Å². The molecule has 0 aliphatic carbocycles. The summed E-state index contributed by atoms with van der Waals surface area (Å²) in [4.78, 5) is 12.1. The van der Waals surface area contributed by atoms with Gasteiger partial charge in [-0.1, -0.05) is 11.6 Å². The zero-order chi connectivity index (χ0) is 19.3. The fourth-order valence-electron chi connectivity index (χ4n) is 2.19. The first-order chi connectivity index (χ1) is 12.2. The predicted octanol–water partition coefficient (Wildman–Crippen LogP) is 3.15. The van der Waals surface area contributed by atoms with Crippen LogP contribution in [0, 0.1) is 17.1 Å². The van der Waals surface area contributed by atoms with E-state index in [2.05, 4.69) is 5.32 Å². The van der Waals surface area contributed by atoms with Gasteiger partial charge in [0.15, 0.2) is 0 Å². The van der Waals surface area contributed by atoms with E-state index in [1.165, 1.54) is 36.4 Å². The van der Waals surface area contributed by atoms with Gasteiger partial charge in [0.1, 0.15) is 5.82 Å². The number of carbonyl (C=O) groups is 1. The van der Waals surface area contributed by atoms with Gasteiger partial charge in [-0.15, -0.1) is 0 Å². The quantitative estimate of drug-likeness (QED) is 0.813. The highest BCUT2D eigenvalue weighted by atomic mass is 35.5. The molecule has 9 heteroatoms. The molecule has 1 amide bonds. The molecule has 2 rings (SSSR count). The van der Waals surface area contributed by atoms with Crippen LogP contribution in [0.25, 0.3) is 0 Å². The van der Waals surface area contributed by atoms with E-state index in [0.717, 1.165) is 16.6 Å². The highest BCUT2D eigenvalue weighted by Gasteiger charge is 2.18. The fourth-order valence-corrected chi connectivity index (χ4v) is 3.30. The van der Waals surface area contributed by atoms with Crippen LogP contribution in [0.5, 0.6) is 0 Å². The lowest BCUT2D eigenvalue weighted by Crippen LogP contribution is -2.33. The van der Waals surface area contributed by atoms with Crippen molar-refractivity contribution < 1.29 is 17.6 Å². The summed E-state index contributed by atoms with van der Waals surface area (Å²) in [5.74, 6) is -1.05. The van der Waals surface area contributed by atoms with Crippen molar-refractivity contribution in [3.05, 3.63) is 58.9 Å². The van der Waals surface area contributed by atoms with E-state index < -0.39 is 21.7 Å². The normalized spacial score (nSPS) is 10.8. The molecule has 0 radical (unpaired) electrons. The van der Waals surface area contributed by atoms with Gasteiger partial charge in [-0.3, -0.25) is 9.10 Å². The average molecular weight is 396 g/mol. The van der Waals surface area contributed by atoms with Gasteiger partial charge in [-0.2, -0.15) is 5.26 Å². The summed E-state index contributed by atoms with van der Waals surface area (Å²) in [6, 6.07) is 11.7. The average Bonchev–Trinajstić information content (AvgIpc) is 2.58. The van der Waals surface area contributed by atoms with Gasteiger partial charge in [-0.05, 0) is 42.5 Å². The molecule has 136 valence electrons. The number of benzene rings is 2. The number of rotatable bonds is 6. The number of hydrogen-bond acceptors (Lipinski definition) is 4. The van der Waals surface area contributed by atoms with Gasteiger partial charge in [-0.25, -0.2) is 12.8 Å². The molecule has 26 heavy (non-hydrogen) atoms. The summed E-state index contributed by atoms with van der Waals surface area (Å²) in [5.41, 5.74) is 1.06. The highest BCUT2D eigenvalue weighted by molar-refractivity contribution is 7.92. The Morgan fingerprint density at radius 2 is 1.92 bits per heavy atom. The van der Waals surface area contributed by atoms with Crippen molar-refractivity contribution in [2.24, 2.45) is 0 Å². The van der Waals surface area contributed by atoms with Crippen molar-refractivity contribution in [3.63, 3.8) is 0 Å². The molecule has 0 aliphatic heterocycles. The number of nitrogens with one attached hydrogen (secondary N) is 1. The number of amides is 1. The lowest BCUT2D eigenvalue weighted by Gasteiger charge is -2.22. The van der Waals surface area contributed by atoms with Crippen LogP contribution in [-0.2, 0) is 14.8 Å². The van der Waals surface area contributed by atoms with Crippen molar-refractivity contribution in [2.75, 3.05) is 22.4 Å². The van der Waals surface area contributed by atoms with E-state index in [9.17, 15) is 17.6 Å². The summed E-state index contributed by atoms with van der Waals surface area (Å²) in [6.07, 6.45) is 0.908. The molecule has 2 aromatic rings. The maximum atomic E-state index is 13.1. The minimum absolute atomic E-state index is 0.0918. The van der Waals surface area contributed by atoms with Crippen LogP contribution in [-0.4, -0.2) is 27.1 Å². The standard InChI is InChI=1S/C17H15ClFN3O3S/c1-26(24,25)22(14-5-2-12(11-20)3-6-14)9-8-17(23)21-13-4-7-16(19)15(18)10-13/h2-7,10H,8-9H2,1H3,(H,21,23). The Bertz CT molecular complexity index is 956. The molecule has 0 fully saturated rings. The molecule has 1 N–H and O–H groups in total. The highest BCUT2D eigenvalue weighted by Crippen LogP contribution is 2.21. The maximum Gasteiger partial charge on any atom is 0.232 e. The molecule has 0 spiro atoms. The van der Waals surface area contributed by atoms with Gasteiger partial charge in [0.05, 0.1) is 28.6 Å². The summed E-state index contributed by atoms with van der Waals surface area (Å²) >= 11 is 5.65. The summed E-state index contributed by atoms with van der Waals surface area (Å²) in [6.45, 7) is -0.0918. The second-order valence-corrected chi connectivity index (χ2v) is 7.73. The van der Waals surface area contributed by atoms with Crippen molar-refractivity contribution in [3.8, 4) is 6.07 Å². The Labute approximate surface area is 155 Å². The first-order valence-corrected chi connectivity index (χ1v) is 9.66. The molecule has 6 nitrogen and oxygen atoms in total. The Balaban J connectivity index is 2.08. The van der Waals surface area contributed by atoms with Crippen LogP contribution < -0.4 is 9.62 Å². The second kappa shape index (κ2) is 8.17. The third kappa shape index (κ3) is 5.18. The number of nitrogens with zero attached hydrogens (tertiary/aromatic N) is 2. The molecular weight excluding hydrogens is 381 g/mol.